The second kappa shape index (κ2) is 5.32. The zero-order valence-corrected chi connectivity index (χ0v) is 9.28. The van der Waals surface area contributed by atoms with Crippen molar-refractivity contribution in [3.8, 4) is 5.88 Å². The van der Waals surface area contributed by atoms with Gasteiger partial charge in [0.1, 0.15) is 0 Å². The molecular weight excluding hydrogens is 234 g/mol. The van der Waals surface area contributed by atoms with E-state index in [0.29, 0.717) is 6.54 Å². The summed E-state index contributed by atoms with van der Waals surface area (Å²) >= 11 is 5.75. The lowest BCUT2D eigenvalue weighted by atomic mass is 10.4. The van der Waals surface area contributed by atoms with Gasteiger partial charge in [0.05, 0.1) is 7.11 Å². The van der Waals surface area contributed by atoms with Crippen molar-refractivity contribution >= 4 is 23.4 Å². The van der Waals surface area contributed by atoms with Crippen molar-refractivity contribution in [3.63, 3.8) is 0 Å². The number of rotatable bonds is 5. The summed E-state index contributed by atoms with van der Waals surface area (Å²) in [5.41, 5.74) is -0.323. The number of anilines is 1. The second-order valence-corrected chi connectivity index (χ2v) is 3.05. The zero-order chi connectivity index (χ0) is 12.1. The maximum Gasteiger partial charge on any atom is 0.360 e. The summed E-state index contributed by atoms with van der Waals surface area (Å²) in [5.74, 6) is -1.09. The zero-order valence-electron chi connectivity index (χ0n) is 8.53. The normalized spacial score (nSPS) is 9.62. The number of carbonyl (C=O) groups is 1. The molecule has 6 nitrogen and oxygen atoms in total. The monoisotopic (exact) mass is 243 g/mol. The van der Waals surface area contributed by atoms with Gasteiger partial charge in [-0.1, -0.05) is 17.7 Å². The van der Waals surface area contributed by atoms with E-state index in [-0.39, 0.29) is 22.5 Å². The van der Waals surface area contributed by atoms with E-state index in [1.165, 1.54) is 7.11 Å². The fraction of sp³-hybridized carbons (Fsp3) is 0.222. The SMILES string of the molecule is C=CCNc1nc(OC)c(C(=O)O)nc1Cl. The van der Waals surface area contributed by atoms with E-state index in [2.05, 4.69) is 21.9 Å². The number of aromatic carboxylic acids is 1. The van der Waals surface area contributed by atoms with Gasteiger partial charge < -0.3 is 15.2 Å². The summed E-state index contributed by atoms with van der Waals surface area (Å²) in [6.45, 7) is 3.95. The largest absolute Gasteiger partial charge is 0.479 e. The lowest BCUT2D eigenvalue weighted by molar-refractivity contribution is 0.0685. The molecule has 0 atom stereocenters. The Morgan fingerprint density at radius 3 is 2.88 bits per heavy atom. The van der Waals surface area contributed by atoms with Crippen LogP contribution < -0.4 is 10.1 Å². The lowest BCUT2D eigenvalue weighted by Crippen LogP contribution is -2.10. The Bertz CT molecular complexity index is 423. The Hall–Kier alpha value is -1.82. The van der Waals surface area contributed by atoms with Crippen LogP contribution in [0.1, 0.15) is 10.5 Å². The highest BCUT2D eigenvalue weighted by Gasteiger charge is 2.18. The van der Waals surface area contributed by atoms with E-state index < -0.39 is 5.97 Å². The van der Waals surface area contributed by atoms with Gasteiger partial charge in [-0.25, -0.2) is 9.78 Å². The Balaban J connectivity index is 3.14. The van der Waals surface area contributed by atoms with Crippen LogP contribution in [0.4, 0.5) is 5.82 Å². The molecule has 0 aromatic carbocycles. The quantitative estimate of drug-likeness (QED) is 0.761. The summed E-state index contributed by atoms with van der Waals surface area (Å²) in [6, 6.07) is 0. The maximum absolute atomic E-state index is 10.8. The third-order valence-corrected chi connectivity index (χ3v) is 1.89. The van der Waals surface area contributed by atoms with Gasteiger partial charge in [-0.05, 0) is 0 Å². The molecule has 0 bridgehead atoms. The standard InChI is InChI=1S/C9H10ClN3O3/c1-3-4-11-7-6(10)12-5(9(14)15)8(13-7)16-2/h3H,1,4H2,2H3,(H,11,13)(H,14,15). The number of hydrogen-bond acceptors (Lipinski definition) is 5. The van der Waals surface area contributed by atoms with Gasteiger partial charge >= 0.3 is 5.97 Å². The average molecular weight is 244 g/mol. The predicted molar refractivity (Wildman–Crippen MR) is 59.2 cm³/mol. The van der Waals surface area contributed by atoms with Crippen LogP contribution in [0.25, 0.3) is 0 Å². The number of aromatic nitrogens is 2. The molecule has 0 unspecified atom stereocenters. The number of carboxylic acids is 1. The van der Waals surface area contributed by atoms with E-state index in [0.717, 1.165) is 0 Å². The molecule has 0 saturated heterocycles. The number of nitrogens with one attached hydrogen (secondary N) is 1. The molecule has 0 spiro atoms. The van der Waals surface area contributed by atoms with Crippen LogP contribution in [0.5, 0.6) is 5.88 Å². The molecule has 0 aliphatic carbocycles. The molecule has 7 heteroatoms. The molecule has 1 heterocycles. The smallest absolute Gasteiger partial charge is 0.360 e. The summed E-state index contributed by atoms with van der Waals surface area (Å²) in [5, 5.41) is 11.6. The van der Waals surface area contributed by atoms with Crippen molar-refractivity contribution < 1.29 is 14.6 Å². The first-order valence-corrected chi connectivity index (χ1v) is 4.67. The fourth-order valence-corrected chi connectivity index (χ4v) is 1.16. The minimum absolute atomic E-state index is 0.0277. The highest BCUT2D eigenvalue weighted by atomic mass is 35.5. The molecule has 0 fully saturated rings. The first-order chi connectivity index (χ1) is 7.60. The van der Waals surface area contributed by atoms with Crippen LogP contribution in [0.15, 0.2) is 12.7 Å². The molecular formula is C9H10ClN3O3. The summed E-state index contributed by atoms with van der Waals surface area (Å²) in [4.78, 5) is 18.4. The molecule has 2 N–H and O–H groups in total. The molecule has 0 aliphatic heterocycles. The first kappa shape index (κ1) is 12.3. The van der Waals surface area contributed by atoms with Gasteiger partial charge in [0.25, 0.3) is 0 Å². The van der Waals surface area contributed by atoms with Crippen LogP contribution in [-0.4, -0.2) is 34.7 Å². The van der Waals surface area contributed by atoms with Gasteiger partial charge in [0.15, 0.2) is 11.0 Å². The van der Waals surface area contributed by atoms with Crippen LogP contribution >= 0.6 is 11.6 Å². The van der Waals surface area contributed by atoms with Crippen LogP contribution in [0.3, 0.4) is 0 Å². The number of hydrogen-bond donors (Lipinski definition) is 2. The van der Waals surface area contributed by atoms with Crippen molar-refractivity contribution in [2.75, 3.05) is 19.0 Å². The van der Waals surface area contributed by atoms with Crippen molar-refractivity contribution in [1.29, 1.82) is 0 Å². The van der Waals surface area contributed by atoms with Crippen LogP contribution in [0, 0.1) is 0 Å². The summed E-state index contributed by atoms with van der Waals surface area (Å²) < 4.78 is 4.80. The molecule has 1 rings (SSSR count). The van der Waals surface area contributed by atoms with Gasteiger partial charge in [-0.15, -0.1) is 6.58 Å². The maximum atomic E-state index is 10.8. The van der Waals surface area contributed by atoms with Crippen LogP contribution in [-0.2, 0) is 0 Å². The topological polar surface area (TPSA) is 84.3 Å². The third-order valence-electron chi connectivity index (χ3n) is 1.63. The number of halogens is 1. The van der Waals surface area contributed by atoms with Crippen molar-refractivity contribution in [2.24, 2.45) is 0 Å². The van der Waals surface area contributed by atoms with Gasteiger partial charge in [0.2, 0.25) is 11.6 Å². The molecule has 1 aromatic heterocycles. The van der Waals surface area contributed by atoms with E-state index in [1.54, 1.807) is 6.08 Å². The molecule has 0 radical (unpaired) electrons. The number of ether oxygens (including phenoxy) is 1. The molecule has 16 heavy (non-hydrogen) atoms. The van der Waals surface area contributed by atoms with E-state index in [4.69, 9.17) is 21.4 Å². The summed E-state index contributed by atoms with van der Waals surface area (Å²) in [6.07, 6.45) is 1.61. The Morgan fingerprint density at radius 2 is 2.38 bits per heavy atom. The molecule has 1 aromatic rings. The first-order valence-electron chi connectivity index (χ1n) is 4.29. The van der Waals surface area contributed by atoms with Crippen LogP contribution in [0.2, 0.25) is 5.15 Å². The number of carboxylic acid groups (broad SMARTS) is 1. The fourth-order valence-electron chi connectivity index (χ4n) is 0.962. The van der Waals surface area contributed by atoms with Crippen molar-refractivity contribution in [1.82, 2.24) is 9.97 Å². The average Bonchev–Trinajstić information content (AvgIpc) is 2.26. The minimum Gasteiger partial charge on any atom is -0.479 e. The molecule has 0 aliphatic rings. The van der Waals surface area contributed by atoms with Gasteiger partial charge in [0, 0.05) is 6.54 Å². The van der Waals surface area contributed by atoms with Crippen molar-refractivity contribution in [3.05, 3.63) is 23.5 Å². The van der Waals surface area contributed by atoms with Gasteiger partial charge in [-0.2, -0.15) is 4.98 Å². The Labute approximate surface area is 96.9 Å². The predicted octanol–water partition coefficient (Wildman–Crippen LogP) is 1.43. The third kappa shape index (κ3) is 2.60. The highest BCUT2D eigenvalue weighted by Crippen LogP contribution is 2.23. The highest BCUT2D eigenvalue weighted by molar-refractivity contribution is 6.31. The van der Waals surface area contributed by atoms with E-state index >= 15 is 0 Å². The molecule has 0 amide bonds. The summed E-state index contributed by atoms with van der Waals surface area (Å²) in [7, 11) is 1.31. The van der Waals surface area contributed by atoms with Crippen molar-refractivity contribution in [2.45, 2.75) is 0 Å². The molecule has 0 saturated carbocycles. The Kier molecular flexibility index (Phi) is 4.07. The van der Waals surface area contributed by atoms with E-state index in [1.807, 2.05) is 0 Å². The van der Waals surface area contributed by atoms with Gasteiger partial charge in [-0.3, -0.25) is 0 Å². The second-order valence-electron chi connectivity index (χ2n) is 2.70. The van der Waals surface area contributed by atoms with E-state index in [9.17, 15) is 4.79 Å². The Morgan fingerprint density at radius 1 is 1.69 bits per heavy atom. The number of nitrogens with zero attached hydrogens (tertiary/aromatic N) is 2. The molecule has 86 valence electrons. The lowest BCUT2D eigenvalue weighted by Gasteiger charge is -2.08. The minimum atomic E-state index is -1.25. The number of methoxy groups -OCH3 is 1.